The van der Waals surface area contributed by atoms with E-state index in [1.807, 2.05) is 13.8 Å². The van der Waals surface area contributed by atoms with Gasteiger partial charge in [0.2, 0.25) is 0 Å². The quantitative estimate of drug-likeness (QED) is 0.850. The molecule has 0 fully saturated rings. The summed E-state index contributed by atoms with van der Waals surface area (Å²) < 4.78 is 37.7. The van der Waals surface area contributed by atoms with Crippen molar-refractivity contribution in [2.24, 2.45) is 5.92 Å². The van der Waals surface area contributed by atoms with Gasteiger partial charge in [-0.15, -0.1) is 0 Å². The number of aliphatic hydroxyl groups is 1. The van der Waals surface area contributed by atoms with E-state index < -0.39 is 12.3 Å². The predicted octanol–water partition coefficient (Wildman–Crippen LogP) is 2.13. The van der Waals surface area contributed by atoms with Gasteiger partial charge in [-0.05, 0) is 12.0 Å². The van der Waals surface area contributed by atoms with Crippen LogP contribution in [0.15, 0.2) is 12.3 Å². The van der Waals surface area contributed by atoms with Crippen molar-refractivity contribution in [3.8, 4) is 0 Å². The molecule has 0 bridgehead atoms. The van der Waals surface area contributed by atoms with Crippen molar-refractivity contribution in [2.45, 2.75) is 32.7 Å². The van der Waals surface area contributed by atoms with Crippen LogP contribution in [-0.4, -0.2) is 21.1 Å². The molecule has 1 heterocycles. The molecule has 0 amide bonds. The van der Waals surface area contributed by atoms with Crippen molar-refractivity contribution in [1.82, 2.24) is 9.78 Å². The maximum atomic E-state index is 12.1. The standard InChI is InChI=1S/C9H13F3N2O/c1-6(2)5-14-4-3-7(13-14)8(15)9(10,11)12/h3-4,6,8,15H,5H2,1-2H3/t8-/m1/s1. The average Bonchev–Trinajstić information content (AvgIpc) is 2.48. The zero-order valence-corrected chi connectivity index (χ0v) is 8.49. The molecule has 0 aromatic carbocycles. The van der Waals surface area contributed by atoms with Gasteiger partial charge in [0.25, 0.3) is 0 Å². The van der Waals surface area contributed by atoms with Gasteiger partial charge in [0.15, 0.2) is 6.10 Å². The molecule has 1 atom stereocenters. The highest BCUT2D eigenvalue weighted by Gasteiger charge is 2.40. The number of hydrogen-bond acceptors (Lipinski definition) is 2. The lowest BCUT2D eigenvalue weighted by Crippen LogP contribution is -2.21. The molecule has 0 unspecified atom stereocenters. The zero-order chi connectivity index (χ0) is 11.6. The number of alkyl halides is 3. The first-order chi connectivity index (χ1) is 6.80. The molecule has 86 valence electrons. The van der Waals surface area contributed by atoms with E-state index in [2.05, 4.69) is 5.10 Å². The third-order valence-electron chi connectivity index (χ3n) is 1.80. The molecule has 0 saturated heterocycles. The summed E-state index contributed by atoms with van der Waals surface area (Å²) in [5.41, 5.74) is -0.358. The lowest BCUT2D eigenvalue weighted by molar-refractivity contribution is -0.208. The lowest BCUT2D eigenvalue weighted by atomic mass is 10.2. The van der Waals surface area contributed by atoms with E-state index in [1.54, 1.807) is 0 Å². The van der Waals surface area contributed by atoms with Gasteiger partial charge < -0.3 is 5.11 Å². The van der Waals surface area contributed by atoms with Gasteiger partial charge in [-0.2, -0.15) is 18.3 Å². The van der Waals surface area contributed by atoms with Crippen LogP contribution in [0, 0.1) is 5.92 Å². The summed E-state index contributed by atoms with van der Waals surface area (Å²) in [6, 6.07) is 1.18. The van der Waals surface area contributed by atoms with E-state index >= 15 is 0 Å². The summed E-state index contributed by atoms with van der Waals surface area (Å²) in [4.78, 5) is 0. The van der Waals surface area contributed by atoms with Crippen LogP contribution in [0.3, 0.4) is 0 Å². The fourth-order valence-corrected chi connectivity index (χ4v) is 1.17. The van der Waals surface area contributed by atoms with E-state index in [0.29, 0.717) is 12.5 Å². The summed E-state index contributed by atoms with van der Waals surface area (Å²) in [5, 5.41) is 12.6. The van der Waals surface area contributed by atoms with Gasteiger partial charge in [-0.3, -0.25) is 4.68 Å². The van der Waals surface area contributed by atoms with Crippen molar-refractivity contribution in [1.29, 1.82) is 0 Å². The first kappa shape index (κ1) is 12.0. The van der Waals surface area contributed by atoms with E-state index in [1.165, 1.54) is 16.9 Å². The lowest BCUT2D eigenvalue weighted by Gasteiger charge is -2.11. The monoisotopic (exact) mass is 222 g/mol. The van der Waals surface area contributed by atoms with Crippen LogP contribution in [0.25, 0.3) is 0 Å². The molecule has 6 heteroatoms. The zero-order valence-electron chi connectivity index (χ0n) is 8.49. The van der Waals surface area contributed by atoms with Gasteiger partial charge in [0.05, 0.1) is 0 Å². The largest absolute Gasteiger partial charge is 0.420 e. The van der Waals surface area contributed by atoms with Gasteiger partial charge in [0.1, 0.15) is 5.69 Å². The molecule has 3 nitrogen and oxygen atoms in total. The van der Waals surface area contributed by atoms with Gasteiger partial charge in [0, 0.05) is 12.7 Å². The van der Waals surface area contributed by atoms with Crippen molar-refractivity contribution in [2.75, 3.05) is 0 Å². The third-order valence-corrected chi connectivity index (χ3v) is 1.80. The van der Waals surface area contributed by atoms with Crippen molar-refractivity contribution in [3.63, 3.8) is 0 Å². The summed E-state index contributed by atoms with van der Waals surface area (Å²) in [5.74, 6) is 0.292. The second-order valence-corrected chi connectivity index (χ2v) is 3.80. The fourth-order valence-electron chi connectivity index (χ4n) is 1.17. The normalized spacial score (nSPS) is 14.6. The highest BCUT2D eigenvalue weighted by molar-refractivity contribution is 5.05. The molecular formula is C9H13F3N2O. The molecule has 0 aliphatic heterocycles. The van der Waals surface area contributed by atoms with E-state index in [0.717, 1.165) is 0 Å². The SMILES string of the molecule is CC(C)Cn1ccc([C@@H](O)C(F)(F)F)n1. The van der Waals surface area contributed by atoms with Crippen LogP contribution < -0.4 is 0 Å². The van der Waals surface area contributed by atoms with Crippen LogP contribution in [0.1, 0.15) is 25.6 Å². The van der Waals surface area contributed by atoms with Gasteiger partial charge in [-0.25, -0.2) is 0 Å². The Morgan fingerprint density at radius 3 is 2.53 bits per heavy atom. The number of hydrogen-bond donors (Lipinski definition) is 1. The smallest absolute Gasteiger partial charge is 0.378 e. The average molecular weight is 222 g/mol. The number of nitrogens with zero attached hydrogens (tertiary/aromatic N) is 2. The molecular weight excluding hydrogens is 209 g/mol. The van der Waals surface area contributed by atoms with Crippen LogP contribution in [0.2, 0.25) is 0 Å². The summed E-state index contributed by atoms with van der Waals surface area (Å²) in [7, 11) is 0. The maximum absolute atomic E-state index is 12.1. The topological polar surface area (TPSA) is 38.0 Å². The Morgan fingerprint density at radius 2 is 2.07 bits per heavy atom. The molecule has 0 saturated carbocycles. The first-order valence-electron chi connectivity index (χ1n) is 4.59. The van der Waals surface area contributed by atoms with Gasteiger partial charge >= 0.3 is 6.18 Å². The number of rotatable bonds is 3. The second-order valence-electron chi connectivity index (χ2n) is 3.80. The van der Waals surface area contributed by atoms with E-state index in [4.69, 9.17) is 5.11 Å². The number of aliphatic hydroxyl groups excluding tert-OH is 1. The fraction of sp³-hybridized carbons (Fsp3) is 0.667. The van der Waals surface area contributed by atoms with Crippen molar-refractivity contribution < 1.29 is 18.3 Å². The minimum absolute atomic E-state index is 0.292. The Labute approximate surface area is 85.5 Å². The number of halogens is 3. The first-order valence-corrected chi connectivity index (χ1v) is 4.59. The van der Waals surface area contributed by atoms with Crippen LogP contribution in [0.5, 0.6) is 0 Å². The van der Waals surface area contributed by atoms with Crippen molar-refractivity contribution >= 4 is 0 Å². The minimum atomic E-state index is -4.66. The van der Waals surface area contributed by atoms with Crippen LogP contribution in [0.4, 0.5) is 13.2 Å². The van der Waals surface area contributed by atoms with E-state index in [-0.39, 0.29) is 5.69 Å². The molecule has 1 aromatic heterocycles. The summed E-state index contributed by atoms with van der Waals surface area (Å²) in [6.07, 6.45) is -5.72. The molecule has 0 radical (unpaired) electrons. The predicted molar refractivity (Wildman–Crippen MR) is 48.1 cm³/mol. The highest BCUT2D eigenvalue weighted by atomic mass is 19.4. The summed E-state index contributed by atoms with van der Waals surface area (Å²) in [6.45, 7) is 4.40. The Kier molecular flexibility index (Phi) is 3.38. The maximum Gasteiger partial charge on any atom is 0.420 e. The minimum Gasteiger partial charge on any atom is -0.378 e. The molecule has 0 aliphatic carbocycles. The second kappa shape index (κ2) is 4.22. The Hall–Kier alpha value is -1.04. The van der Waals surface area contributed by atoms with E-state index in [9.17, 15) is 13.2 Å². The highest BCUT2D eigenvalue weighted by Crippen LogP contribution is 2.31. The molecule has 1 N–H and O–H groups in total. The Balaban J connectivity index is 2.76. The third kappa shape index (κ3) is 3.23. The molecule has 0 aliphatic rings. The molecule has 15 heavy (non-hydrogen) atoms. The summed E-state index contributed by atoms with van der Waals surface area (Å²) >= 11 is 0. The van der Waals surface area contributed by atoms with Crippen LogP contribution in [-0.2, 0) is 6.54 Å². The Morgan fingerprint density at radius 1 is 1.47 bits per heavy atom. The van der Waals surface area contributed by atoms with Gasteiger partial charge in [-0.1, -0.05) is 13.8 Å². The molecule has 0 spiro atoms. The molecule has 1 rings (SSSR count). The van der Waals surface area contributed by atoms with Crippen LogP contribution >= 0.6 is 0 Å². The van der Waals surface area contributed by atoms with Crippen molar-refractivity contribution in [3.05, 3.63) is 18.0 Å². The number of aromatic nitrogens is 2. The molecule has 1 aromatic rings. The Bertz CT molecular complexity index is 319.